The average molecular weight is 578 g/mol. The van der Waals surface area contributed by atoms with Crippen LogP contribution < -0.4 is 9.62 Å². The molecule has 2 amide bonds. The molecule has 3 aromatic carbocycles. The summed E-state index contributed by atoms with van der Waals surface area (Å²) >= 11 is 0. The van der Waals surface area contributed by atoms with E-state index in [0.717, 1.165) is 26.6 Å². The van der Waals surface area contributed by atoms with Gasteiger partial charge in [-0.2, -0.15) is 0 Å². The summed E-state index contributed by atoms with van der Waals surface area (Å²) in [6.45, 7) is 13.8. The normalized spacial score (nSPS) is 12.3. The van der Waals surface area contributed by atoms with Crippen molar-refractivity contribution in [3.05, 3.63) is 95.1 Å². The van der Waals surface area contributed by atoms with Crippen molar-refractivity contribution in [3.8, 4) is 0 Å². The van der Waals surface area contributed by atoms with Gasteiger partial charge in [-0.1, -0.05) is 81.8 Å². The Hall–Kier alpha value is -3.65. The summed E-state index contributed by atoms with van der Waals surface area (Å²) in [5, 5.41) is 2.92. The maximum absolute atomic E-state index is 14.1. The maximum atomic E-state index is 14.1. The highest BCUT2D eigenvalue weighted by Crippen LogP contribution is 2.27. The van der Waals surface area contributed by atoms with Gasteiger partial charge in [0.15, 0.2) is 0 Å². The molecule has 0 aliphatic heterocycles. The van der Waals surface area contributed by atoms with Crippen LogP contribution in [0.2, 0.25) is 0 Å². The molecule has 0 aromatic heterocycles. The number of rotatable bonds is 12. The van der Waals surface area contributed by atoms with Crippen molar-refractivity contribution < 1.29 is 18.0 Å². The largest absolute Gasteiger partial charge is 0.354 e. The van der Waals surface area contributed by atoms with Crippen molar-refractivity contribution in [2.75, 3.05) is 17.4 Å². The van der Waals surface area contributed by atoms with Gasteiger partial charge in [0.05, 0.1) is 10.6 Å². The molecule has 0 aliphatic carbocycles. The Kier molecular flexibility index (Phi) is 10.7. The number of amides is 2. The van der Waals surface area contributed by atoms with Gasteiger partial charge in [0, 0.05) is 13.1 Å². The van der Waals surface area contributed by atoms with Crippen LogP contribution in [0.25, 0.3) is 0 Å². The fraction of sp³-hybridized carbons (Fsp3) is 0.394. The van der Waals surface area contributed by atoms with Crippen LogP contribution in [0.1, 0.15) is 62.8 Å². The van der Waals surface area contributed by atoms with Crippen molar-refractivity contribution in [2.24, 2.45) is 5.92 Å². The standard InChI is InChI=1S/C33H43N3O4S/c1-23(2)20-34-33(38)27(7)35(21-29-11-9-8-10-26(29)6)32(37)22-36(30-16-14-28(15-17-30)24(3)4)41(39,40)31-18-12-25(5)13-19-31/h8-19,23-24,27H,20-22H2,1-7H3,(H,34,38)/t27-/m1/s1. The van der Waals surface area contributed by atoms with E-state index in [9.17, 15) is 18.0 Å². The lowest BCUT2D eigenvalue weighted by Gasteiger charge is -2.32. The molecule has 0 heterocycles. The Morgan fingerprint density at radius 3 is 2.00 bits per heavy atom. The molecule has 3 aromatic rings. The summed E-state index contributed by atoms with van der Waals surface area (Å²) < 4.78 is 29.1. The van der Waals surface area contributed by atoms with Crippen LogP contribution in [0.3, 0.4) is 0 Å². The van der Waals surface area contributed by atoms with Crippen LogP contribution in [0, 0.1) is 19.8 Å². The van der Waals surface area contributed by atoms with E-state index >= 15 is 0 Å². The predicted molar refractivity (Wildman–Crippen MR) is 165 cm³/mol. The first-order valence-corrected chi connectivity index (χ1v) is 15.6. The number of sulfonamides is 1. The molecule has 0 spiro atoms. The van der Waals surface area contributed by atoms with Crippen molar-refractivity contribution in [1.29, 1.82) is 0 Å². The summed E-state index contributed by atoms with van der Waals surface area (Å²) in [6.07, 6.45) is 0. The molecule has 0 saturated carbocycles. The smallest absolute Gasteiger partial charge is 0.264 e. The van der Waals surface area contributed by atoms with Gasteiger partial charge in [0.1, 0.15) is 12.6 Å². The molecule has 1 N–H and O–H groups in total. The highest BCUT2D eigenvalue weighted by molar-refractivity contribution is 7.92. The van der Waals surface area contributed by atoms with E-state index in [0.29, 0.717) is 12.2 Å². The van der Waals surface area contributed by atoms with Crippen molar-refractivity contribution in [1.82, 2.24) is 10.2 Å². The van der Waals surface area contributed by atoms with Crippen LogP contribution in [0.4, 0.5) is 5.69 Å². The molecule has 220 valence electrons. The highest BCUT2D eigenvalue weighted by Gasteiger charge is 2.32. The molecule has 0 saturated heterocycles. The summed E-state index contributed by atoms with van der Waals surface area (Å²) in [4.78, 5) is 28.8. The Bertz CT molecular complexity index is 1430. The molecule has 0 unspecified atom stereocenters. The lowest BCUT2D eigenvalue weighted by Crippen LogP contribution is -2.51. The monoisotopic (exact) mass is 577 g/mol. The third-order valence-electron chi connectivity index (χ3n) is 7.19. The topological polar surface area (TPSA) is 86.8 Å². The van der Waals surface area contributed by atoms with Gasteiger partial charge in [0.25, 0.3) is 10.0 Å². The first-order chi connectivity index (χ1) is 19.3. The number of hydrogen-bond donors (Lipinski definition) is 1. The number of carbonyl (C=O) groups is 2. The summed E-state index contributed by atoms with van der Waals surface area (Å²) in [5.41, 5.74) is 4.24. The Morgan fingerprint density at radius 1 is 0.829 bits per heavy atom. The summed E-state index contributed by atoms with van der Waals surface area (Å²) in [7, 11) is -4.10. The summed E-state index contributed by atoms with van der Waals surface area (Å²) in [6, 6.07) is 20.7. The van der Waals surface area contributed by atoms with E-state index in [1.165, 1.54) is 4.90 Å². The van der Waals surface area contributed by atoms with Crippen molar-refractivity contribution in [2.45, 2.75) is 71.9 Å². The molecular formula is C33H43N3O4S. The second-order valence-corrected chi connectivity index (χ2v) is 13.2. The van der Waals surface area contributed by atoms with Gasteiger partial charge >= 0.3 is 0 Å². The van der Waals surface area contributed by atoms with E-state index in [-0.39, 0.29) is 29.2 Å². The van der Waals surface area contributed by atoms with Crippen LogP contribution >= 0.6 is 0 Å². The first kappa shape index (κ1) is 31.9. The molecule has 8 heteroatoms. The fourth-order valence-corrected chi connectivity index (χ4v) is 5.81. The third kappa shape index (κ3) is 8.19. The third-order valence-corrected chi connectivity index (χ3v) is 8.98. The molecule has 1 atom stereocenters. The lowest BCUT2D eigenvalue weighted by atomic mass is 10.0. The quantitative estimate of drug-likeness (QED) is 0.294. The minimum atomic E-state index is -4.10. The lowest BCUT2D eigenvalue weighted by molar-refractivity contribution is -0.139. The number of nitrogens with zero attached hydrogens (tertiary/aromatic N) is 2. The predicted octanol–water partition coefficient (Wildman–Crippen LogP) is 5.81. The van der Waals surface area contributed by atoms with E-state index in [4.69, 9.17) is 0 Å². The number of nitrogens with one attached hydrogen (secondary N) is 1. The number of anilines is 1. The number of hydrogen-bond acceptors (Lipinski definition) is 4. The number of aryl methyl sites for hydroxylation is 2. The molecule has 0 aliphatic rings. The SMILES string of the molecule is Cc1ccc(S(=O)(=O)N(CC(=O)N(Cc2ccccc2C)[C@H](C)C(=O)NCC(C)C)c2ccc(C(C)C)cc2)cc1. The summed E-state index contributed by atoms with van der Waals surface area (Å²) in [5.74, 6) is -0.239. The molecule has 0 fully saturated rings. The van der Waals surface area contributed by atoms with E-state index in [1.807, 2.05) is 64.1 Å². The first-order valence-electron chi connectivity index (χ1n) is 14.1. The molecule has 0 radical (unpaired) electrons. The average Bonchev–Trinajstić information content (AvgIpc) is 2.93. The minimum Gasteiger partial charge on any atom is -0.354 e. The maximum Gasteiger partial charge on any atom is 0.264 e. The van der Waals surface area contributed by atoms with E-state index < -0.39 is 28.5 Å². The Balaban J connectivity index is 2.04. The second kappa shape index (κ2) is 13.8. The minimum absolute atomic E-state index is 0.0945. The van der Waals surface area contributed by atoms with Crippen molar-refractivity contribution in [3.63, 3.8) is 0 Å². The zero-order chi connectivity index (χ0) is 30.3. The number of benzene rings is 3. The number of carbonyl (C=O) groups excluding carboxylic acids is 2. The second-order valence-electron chi connectivity index (χ2n) is 11.3. The van der Waals surface area contributed by atoms with E-state index in [2.05, 4.69) is 19.2 Å². The zero-order valence-corrected chi connectivity index (χ0v) is 26.0. The molecular weight excluding hydrogens is 534 g/mol. The van der Waals surface area contributed by atoms with Crippen LogP contribution in [-0.4, -0.2) is 44.3 Å². The van der Waals surface area contributed by atoms with Gasteiger partial charge in [-0.15, -0.1) is 0 Å². The highest BCUT2D eigenvalue weighted by atomic mass is 32.2. The molecule has 0 bridgehead atoms. The Morgan fingerprint density at radius 2 is 1.44 bits per heavy atom. The molecule has 7 nitrogen and oxygen atoms in total. The molecule has 41 heavy (non-hydrogen) atoms. The van der Waals surface area contributed by atoms with Crippen LogP contribution in [0.5, 0.6) is 0 Å². The van der Waals surface area contributed by atoms with Crippen molar-refractivity contribution >= 4 is 27.5 Å². The Labute approximate surface area is 245 Å². The van der Waals surface area contributed by atoms with Gasteiger partial charge < -0.3 is 10.2 Å². The fourth-order valence-electron chi connectivity index (χ4n) is 4.40. The zero-order valence-electron chi connectivity index (χ0n) is 25.2. The van der Waals surface area contributed by atoms with Gasteiger partial charge in [0.2, 0.25) is 11.8 Å². The van der Waals surface area contributed by atoms with E-state index in [1.54, 1.807) is 43.3 Å². The van der Waals surface area contributed by atoms with Crippen LogP contribution in [-0.2, 0) is 26.2 Å². The van der Waals surface area contributed by atoms with Gasteiger partial charge in [-0.3, -0.25) is 13.9 Å². The van der Waals surface area contributed by atoms with Gasteiger partial charge in [-0.05, 0) is 73.6 Å². The van der Waals surface area contributed by atoms with Crippen LogP contribution in [0.15, 0.2) is 77.7 Å². The van der Waals surface area contributed by atoms with Gasteiger partial charge in [-0.25, -0.2) is 8.42 Å². The molecule has 3 rings (SSSR count).